The zero-order chi connectivity index (χ0) is 31.5. The van der Waals surface area contributed by atoms with Crippen LogP contribution in [0, 0.1) is 35.5 Å². The number of methoxy groups -OCH3 is 1. The highest BCUT2D eigenvalue weighted by Crippen LogP contribution is 2.52. The number of nitrogens with zero attached hydrogens (tertiary/aromatic N) is 2. The van der Waals surface area contributed by atoms with E-state index in [1.165, 1.54) is 4.90 Å². The summed E-state index contributed by atoms with van der Waals surface area (Å²) in [4.78, 5) is 70.3. The first-order valence-electron chi connectivity index (χ1n) is 13.8. The summed E-state index contributed by atoms with van der Waals surface area (Å²) in [6.07, 6.45) is 0.148. The molecule has 2 fully saturated rings. The summed E-state index contributed by atoms with van der Waals surface area (Å²) < 4.78 is 5.17. The van der Waals surface area contributed by atoms with Gasteiger partial charge in [-0.05, 0) is 68.8 Å². The molecular formula is C32H33N3O8. The SMILES string of the molecule is COc1ccc(C#Cc2cc(N(C)C)c3c(c2O)C(=O)C2C(=O)C4(O)C(=O)C(C(N)=O)C(=O)C(N(C)C)C4CC2C3)cc1. The molecule has 0 bridgehead atoms. The Hall–Kier alpha value is -4.53. The van der Waals surface area contributed by atoms with Gasteiger partial charge in [0.25, 0.3) is 0 Å². The molecule has 11 heteroatoms. The molecule has 3 aliphatic rings. The van der Waals surface area contributed by atoms with E-state index in [1.807, 2.05) is 0 Å². The van der Waals surface area contributed by atoms with Gasteiger partial charge in [-0.15, -0.1) is 0 Å². The van der Waals surface area contributed by atoms with E-state index < -0.39 is 70.1 Å². The van der Waals surface area contributed by atoms with Crippen LogP contribution in [0.15, 0.2) is 30.3 Å². The van der Waals surface area contributed by atoms with E-state index >= 15 is 0 Å². The number of ketones is 4. The third kappa shape index (κ3) is 4.49. The molecule has 0 spiro atoms. The lowest BCUT2D eigenvalue weighted by Crippen LogP contribution is -2.74. The van der Waals surface area contributed by atoms with Crippen LogP contribution >= 0.6 is 0 Å². The van der Waals surface area contributed by atoms with Crippen LogP contribution in [0.5, 0.6) is 11.5 Å². The van der Waals surface area contributed by atoms with E-state index in [9.17, 15) is 34.2 Å². The number of Topliss-reactive ketones (excluding diaryl/α,β-unsaturated/α-hetero) is 4. The van der Waals surface area contributed by atoms with Crippen LogP contribution < -0.4 is 15.4 Å². The first-order valence-corrected chi connectivity index (χ1v) is 13.8. The lowest BCUT2D eigenvalue weighted by molar-refractivity contribution is -0.181. The van der Waals surface area contributed by atoms with Gasteiger partial charge in [0.15, 0.2) is 34.7 Å². The first-order chi connectivity index (χ1) is 20.2. The monoisotopic (exact) mass is 587 g/mol. The molecule has 0 radical (unpaired) electrons. The summed E-state index contributed by atoms with van der Waals surface area (Å²) in [5, 5.41) is 23.1. The van der Waals surface area contributed by atoms with Gasteiger partial charge in [0.05, 0.1) is 30.2 Å². The second-order valence-corrected chi connectivity index (χ2v) is 11.8. The quantitative estimate of drug-likeness (QED) is 0.335. The topological polar surface area (TPSA) is 168 Å². The molecule has 4 N–H and O–H groups in total. The molecule has 6 unspecified atom stereocenters. The molecule has 5 rings (SSSR count). The average Bonchev–Trinajstić information content (AvgIpc) is 2.94. The Morgan fingerprint density at radius 3 is 2.26 bits per heavy atom. The lowest BCUT2D eigenvalue weighted by Gasteiger charge is -2.52. The molecule has 0 aromatic heterocycles. The predicted octanol–water partition coefficient (Wildman–Crippen LogP) is 0.341. The Morgan fingerprint density at radius 1 is 1.05 bits per heavy atom. The molecule has 43 heavy (non-hydrogen) atoms. The van der Waals surface area contributed by atoms with E-state index in [2.05, 4.69) is 11.8 Å². The number of benzene rings is 2. The number of hydrogen-bond acceptors (Lipinski definition) is 10. The highest BCUT2D eigenvalue weighted by atomic mass is 16.5. The van der Waals surface area contributed by atoms with Crippen LogP contribution in [0.1, 0.15) is 33.5 Å². The number of likely N-dealkylation sites (N-methyl/N-ethyl adjacent to an activating group) is 1. The van der Waals surface area contributed by atoms with Crippen LogP contribution in [0.3, 0.4) is 0 Å². The fourth-order valence-electron chi connectivity index (χ4n) is 6.96. The molecule has 224 valence electrons. The van der Waals surface area contributed by atoms with Crippen molar-refractivity contribution in [3.63, 3.8) is 0 Å². The zero-order valence-electron chi connectivity index (χ0n) is 24.5. The molecule has 6 atom stereocenters. The number of nitrogens with two attached hydrogens (primary N) is 1. The maximum absolute atomic E-state index is 14.1. The van der Waals surface area contributed by atoms with Crippen molar-refractivity contribution in [1.82, 2.24) is 4.90 Å². The first kappa shape index (κ1) is 29.9. The van der Waals surface area contributed by atoms with Gasteiger partial charge in [-0.1, -0.05) is 11.8 Å². The molecule has 11 nitrogen and oxygen atoms in total. The Labute approximate surface area is 248 Å². The van der Waals surface area contributed by atoms with Crippen molar-refractivity contribution in [1.29, 1.82) is 0 Å². The minimum Gasteiger partial charge on any atom is -0.506 e. The van der Waals surface area contributed by atoms with Crippen LogP contribution in [0.25, 0.3) is 0 Å². The van der Waals surface area contributed by atoms with Crippen LogP contribution in [-0.4, -0.2) is 91.1 Å². The number of carbonyl (C=O) groups is 5. The largest absolute Gasteiger partial charge is 0.506 e. The Balaban J connectivity index is 1.63. The number of phenols is 1. The number of ether oxygens (including phenoxy) is 1. The van der Waals surface area contributed by atoms with Gasteiger partial charge in [0.1, 0.15) is 11.5 Å². The normalized spacial score (nSPS) is 27.9. The molecule has 1 amide bonds. The van der Waals surface area contributed by atoms with Gasteiger partial charge in [0, 0.05) is 31.3 Å². The van der Waals surface area contributed by atoms with Gasteiger partial charge in [-0.2, -0.15) is 0 Å². The number of hydrogen-bond donors (Lipinski definition) is 3. The third-order valence-corrected chi connectivity index (χ3v) is 8.95. The van der Waals surface area contributed by atoms with Crippen molar-refractivity contribution in [2.75, 3.05) is 40.2 Å². The van der Waals surface area contributed by atoms with Crippen LogP contribution in [0.4, 0.5) is 5.69 Å². The van der Waals surface area contributed by atoms with Crippen LogP contribution in [-0.2, 0) is 25.6 Å². The molecule has 2 aromatic carbocycles. The van der Waals surface area contributed by atoms with E-state index in [1.54, 1.807) is 70.5 Å². The van der Waals surface area contributed by atoms with Crippen molar-refractivity contribution in [3.05, 3.63) is 52.6 Å². The zero-order valence-corrected chi connectivity index (χ0v) is 24.5. The molecule has 0 heterocycles. The summed E-state index contributed by atoms with van der Waals surface area (Å²) in [7, 11) is 8.20. The van der Waals surface area contributed by atoms with Crippen molar-refractivity contribution in [2.24, 2.45) is 29.4 Å². The Morgan fingerprint density at radius 2 is 1.70 bits per heavy atom. The van der Waals surface area contributed by atoms with Crippen LogP contribution in [0.2, 0.25) is 0 Å². The van der Waals surface area contributed by atoms with Gasteiger partial charge >= 0.3 is 0 Å². The predicted molar refractivity (Wildman–Crippen MR) is 155 cm³/mol. The number of phenolic OH excluding ortho intramolecular Hbond substituents is 1. The van der Waals surface area contributed by atoms with Gasteiger partial charge in [0.2, 0.25) is 5.91 Å². The lowest BCUT2D eigenvalue weighted by atomic mass is 9.52. The van der Waals surface area contributed by atoms with Crippen molar-refractivity contribution in [3.8, 4) is 23.3 Å². The van der Waals surface area contributed by atoms with Gasteiger partial charge in [-0.3, -0.25) is 28.9 Å². The number of carbonyl (C=O) groups excluding carboxylic acids is 5. The average molecular weight is 588 g/mol. The Kier molecular flexibility index (Phi) is 7.40. The van der Waals surface area contributed by atoms with E-state index in [-0.39, 0.29) is 24.0 Å². The maximum Gasteiger partial charge on any atom is 0.235 e. The summed E-state index contributed by atoms with van der Waals surface area (Å²) in [5.74, 6) is -4.41. The van der Waals surface area contributed by atoms with E-state index in [0.29, 0.717) is 22.6 Å². The minimum absolute atomic E-state index is 0.0173. The fraction of sp³-hybridized carbons (Fsp3) is 0.406. The number of aromatic hydroxyl groups is 1. The molecule has 0 saturated heterocycles. The summed E-state index contributed by atoms with van der Waals surface area (Å²) in [5.41, 5.74) is 4.42. The van der Waals surface area contributed by atoms with Crippen molar-refractivity contribution >= 4 is 34.7 Å². The van der Waals surface area contributed by atoms with E-state index in [4.69, 9.17) is 10.5 Å². The van der Waals surface area contributed by atoms with Crippen molar-refractivity contribution in [2.45, 2.75) is 24.5 Å². The van der Waals surface area contributed by atoms with Crippen molar-refractivity contribution < 1.29 is 38.9 Å². The maximum atomic E-state index is 14.1. The molecule has 3 aliphatic carbocycles. The number of amides is 1. The number of rotatable bonds is 4. The second kappa shape index (κ2) is 10.6. The molecule has 2 aromatic rings. The summed E-state index contributed by atoms with van der Waals surface area (Å²) in [6.45, 7) is 0. The highest BCUT2D eigenvalue weighted by Gasteiger charge is 2.69. The Bertz CT molecular complexity index is 1630. The molecular weight excluding hydrogens is 554 g/mol. The molecule has 2 saturated carbocycles. The standard InChI is InChI=1S/C32H33N3O8/c1-34(2)21-14-16(9-6-15-7-10-18(43-5)11-8-15)26(36)23-19(21)12-17-13-20-25(35(3)4)28(38)24(31(33)41)30(40)32(20,42)29(39)22(17)27(23)37/h7-8,10-11,14,17,20,22,24-25,36,42H,12-13H2,1-5H3,(H2,33,41). The number of fused-ring (bicyclic) bond motifs is 3. The minimum atomic E-state index is -2.78. The van der Waals surface area contributed by atoms with Gasteiger partial charge < -0.3 is 25.6 Å². The highest BCUT2D eigenvalue weighted by molar-refractivity contribution is 6.32. The van der Waals surface area contributed by atoms with E-state index in [0.717, 1.165) is 0 Å². The smallest absolute Gasteiger partial charge is 0.235 e. The fourth-order valence-corrected chi connectivity index (χ4v) is 6.96. The third-order valence-electron chi connectivity index (χ3n) is 8.95. The summed E-state index contributed by atoms with van der Waals surface area (Å²) in [6, 6.07) is 7.48. The van der Waals surface area contributed by atoms with Gasteiger partial charge in [-0.25, -0.2) is 0 Å². The number of anilines is 1. The number of aliphatic hydroxyl groups is 1. The second-order valence-electron chi connectivity index (χ2n) is 11.8. The summed E-state index contributed by atoms with van der Waals surface area (Å²) >= 11 is 0. The number of primary amides is 1. The molecule has 0 aliphatic heterocycles.